The van der Waals surface area contributed by atoms with E-state index < -0.39 is 0 Å². The molecular formula is C13H25N5. The summed E-state index contributed by atoms with van der Waals surface area (Å²) in [6.45, 7) is 13.1. The Bertz CT molecular complexity index is 373. The fourth-order valence-electron chi connectivity index (χ4n) is 2.38. The predicted octanol–water partition coefficient (Wildman–Crippen LogP) is 1.12. The molecule has 0 amide bonds. The number of aromatic nitrogens is 3. The quantitative estimate of drug-likeness (QED) is 0.852. The van der Waals surface area contributed by atoms with Crippen LogP contribution < -0.4 is 5.32 Å². The zero-order valence-corrected chi connectivity index (χ0v) is 11.9. The van der Waals surface area contributed by atoms with Crippen molar-refractivity contribution in [3.8, 4) is 0 Å². The van der Waals surface area contributed by atoms with Crippen molar-refractivity contribution in [1.29, 1.82) is 0 Å². The van der Waals surface area contributed by atoms with Gasteiger partial charge in [0.15, 0.2) is 0 Å². The van der Waals surface area contributed by atoms with Crippen LogP contribution in [-0.4, -0.2) is 44.8 Å². The lowest BCUT2D eigenvalue weighted by Gasteiger charge is -2.36. The van der Waals surface area contributed by atoms with Gasteiger partial charge in [0.2, 0.25) is 0 Å². The molecule has 1 aliphatic rings. The fraction of sp³-hybridized carbons (Fsp3) is 0.846. The molecule has 2 heterocycles. The van der Waals surface area contributed by atoms with Crippen LogP contribution in [0.15, 0.2) is 6.33 Å². The molecule has 0 aromatic carbocycles. The molecule has 0 fully saturated rings. The van der Waals surface area contributed by atoms with Gasteiger partial charge in [-0.15, -0.1) is 10.2 Å². The van der Waals surface area contributed by atoms with Crippen molar-refractivity contribution in [2.45, 2.75) is 52.9 Å². The van der Waals surface area contributed by atoms with Crippen LogP contribution in [0.2, 0.25) is 0 Å². The van der Waals surface area contributed by atoms with E-state index in [1.165, 1.54) is 0 Å². The summed E-state index contributed by atoms with van der Waals surface area (Å²) in [5.41, 5.74) is 0. The van der Waals surface area contributed by atoms with Gasteiger partial charge in [0.25, 0.3) is 0 Å². The maximum atomic E-state index is 4.18. The van der Waals surface area contributed by atoms with Crippen LogP contribution in [0.25, 0.3) is 0 Å². The Labute approximate surface area is 110 Å². The lowest BCUT2D eigenvalue weighted by molar-refractivity contribution is 0.123. The predicted molar refractivity (Wildman–Crippen MR) is 72.2 cm³/mol. The van der Waals surface area contributed by atoms with Crippen molar-refractivity contribution < 1.29 is 0 Å². The molecule has 5 nitrogen and oxygen atoms in total. The second-order valence-electron chi connectivity index (χ2n) is 5.69. The average molecular weight is 251 g/mol. The first-order chi connectivity index (χ1) is 8.58. The molecule has 0 aliphatic carbocycles. The van der Waals surface area contributed by atoms with Crippen LogP contribution in [-0.2, 0) is 13.1 Å². The van der Waals surface area contributed by atoms with Gasteiger partial charge < -0.3 is 9.88 Å². The third kappa shape index (κ3) is 3.09. The first-order valence-electron chi connectivity index (χ1n) is 6.92. The smallest absolute Gasteiger partial charge is 0.147 e. The van der Waals surface area contributed by atoms with E-state index in [0.717, 1.165) is 32.0 Å². The minimum absolute atomic E-state index is 0.559. The van der Waals surface area contributed by atoms with Crippen LogP contribution >= 0.6 is 0 Å². The van der Waals surface area contributed by atoms with Gasteiger partial charge in [0, 0.05) is 25.2 Å². The molecule has 1 aliphatic heterocycles. The van der Waals surface area contributed by atoms with Crippen LogP contribution in [0, 0.1) is 5.92 Å². The fourth-order valence-corrected chi connectivity index (χ4v) is 2.38. The largest absolute Gasteiger partial charge is 0.315 e. The van der Waals surface area contributed by atoms with E-state index in [9.17, 15) is 0 Å². The van der Waals surface area contributed by atoms with E-state index in [4.69, 9.17) is 0 Å². The zero-order chi connectivity index (χ0) is 13.1. The Morgan fingerprint density at radius 3 is 2.78 bits per heavy atom. The minimum Gasteiger partial charge on any atom is -0.315 e. The maximum absolute atomic E-state index is 4.18. The number of rotatable bonds is 5. The van der Waals surface area contributed by atoms with Crippen LogP contribution in [0.3, 0.4) is 0 Å². The third-order valence-electron chi connectivity index (χ3n) is 3.92. The van der Waals surface area contributed by atoms with E-state index >= 15 is 0 Å². The van der Waals surface area contributed by atoms with E-state index in [1.807, 2.05) is 6.33 Å². The van der Waals surface area contributed by atoms with Crippen molar-refractivity contribution in [3.05, 3.63) is 12.2 Å². The van der Waals surface area contributed by atoms with Crippen molar-refractivity contribution in [2.24, 2.45) is 5.92 Å². The van der Waals surface area contributed by atoms with E-state index in [2.05, 4.69) is 52.7 Å². The molecular weight excluding hydrogens is 226 g/mol. The normalized spacial score (nSPS) is 19.8. The van der Waals surface area contributed by atoms with Crippen molar-refractivity contribution in [1.82, 2.24) is 25.0 Å². The summed E-state index contributed by atoms with van der Waals surface area (Å²) in [4.78, 5) is 2.51. The Morgan fingerprint density at radius 2 is 2.06 bits per heavy atom. The molecule has 0 saturated heterocycles. The second kappa shape index (κ2) is 5.80. The highest BCUT2D eigenvalue weighted by Crippen LogP contribution is 2.17. The van der Waals surface area contributed by atoms with Crippen LogP contribution in [0.5, 0.6) is 0 Å². The number of nitrogens with zero attached hydrogens (tertiary/aromatic N) is 4. The monoisotopic (exact) mass is 251 g/mol. The molecule has 0 spiro atoms. The zero-order valence-electron chi connectivity index (χ0n) is 11.9. The molecule has 0 bridgehead atoms. The van der Waals surface area contributed by atoms with Crippen molar-refractivity contribution >= 4 is 0 Å². The molecule has 102 valence electrons. The molecule has 0 radical (unpaired) electrons. The van der Waals surface area contributed by atoms with Crippen LogP contribution in [0.4, 0.5) is 0 Å². The second-order valence-corrected chi connectivity index (χ2v) is 5.69. The topological polar surface area (TPSA) is 46.0 Å². The third-order valence-corrected chi connectivity index (χ3v) is 3.92. The Morgan fingerprint density at radius 1 is 1.28 bits per heavy atom. The number of hydrogen-bond donors (Lipinski definition) is 1. The van der Waals surface area contributed by atoms with Gasteiger partial charge in [-0.1, -0.05) is 20.8 Å². The van der Waals surface area contributed by atoms with Gasteiger partial charge in [-0.3, -0.25) is 4.90 Å². The highest BCUT2D eigenvalue weighted by Gasteiger charge is 2.25. The molecule has 2 atom stereocenters. The van der Waals surface area contributed by atoms with Gasteiger partial charge in [-0.2, -0.15) is 0 Å². The number of hydrogen-bond acceptors (Lipinski definition) is 4. The van der Waals surface area contributed by atoms with E-state index in [1.54, 1.807) is 0 Å². The molecule has 1 N–H and O–H groups in total. The van der Waals surface area contributed by atoms with Gasteiger partial charge >= 0.3 is 0 Å². The van der Waals surface area contributed by atoms with Gasteiger partial charge in [0.05, 0.1) is 6.54 Å². The van der Waals surface area contributed by atoms with Gasteiger partial charge in [0.1, 0.15) is 12.2 Å². The standard InChI is InChI=1S/C13H25N5/c1-10(2)14-7-11(3)12(4)17-5-6-18-9-15-16-13(18)8-17/h9-12,14H,5-8H2,1-4H3. The molecule has 1 aromatic rings. The van der Waals surface area contributed by atoms with Gasteiger partial charge in [-0.25, -0.2) is 0 Å². The Kier molecular flexibility index (Phi) is 4.35. The van der Waals surface area contributed by atoms with Crippen molar-refractivity contribution in [3.63, 3.8) is 0 Å². The molecule has 2 rings (SSSR count). The van der Waals surface area contributed by atoms with Crippen molar-refractivity contribution in [2.75, 3.05) is 13.1 Å². The Hall–Kier alpha value is -0.940. The summed E-state index contributed by atoms with van der Waals surface area (Å²) in [5, 5.41) is 11.7. The molecule has 18 heavy (non-hydrogen) atoms. The summed E-state index contributed by atoms with van der Waals surface area (Å²) < 4.78 is 2.15. The summed E-state index contributed by atoms with van der Waals surface area (Å²) in [5.74, 6) is 1.74. The SMILES string of the molecule is CC(C)NCC(C)C(C)N1CCn2cnnc2C1. The number of fused-ring (bicyclic) bond motifs is 1. The highest BCUT2D eigenvalue weighted by molar-refractivity contribution is 4.92. The Balaban J connectivity index is 1.88. The maximum Gasteiger partial charge on any atom is 0.147 e. The minimum atomic E-state index is 0.559. The summed E-state index contributed by atoms with van der Waals surface area (Å²) >= 11 is 0. The molecule has 5 heteroatoms. The van der Waals surface area contributed by atoms with E-state index in [0.29, 0.717) is 18.0 Å². The molecule has 1 aromatic heterocycles. The first kappa shape index (κ1) is 13.5. The van der Waals surface area contributed by atoms with E-state index in [-0.39, 0.29) is 0 Å². The summed E-state index contributed by atoms with van der Waals surface area (Å²) in [6.07, 6.45) is 1.83. The molecule has 0 saturated carbocycles. The number of nitrogens with one attached hydrogen (secondary N) is 1. The summed E-state index contributed by atoms with van der Waals surface area (Å²) in [7, 11) is 0. The van der Waals surface area contributed by atoms with Gasteiger partial charge in [-0.05, 0) is 19.4 Å². The lowest BCUT2D eigenvalue weighted by atomic mass is 10.0. The average Bonchev–Trinajstić information content (AvgIpc) is 2.81. The lowest BCUT2D eigenvalue weighted by Crippen LogP contribution is -2.45. The van der Waals surface area contributed by atoms with Crippen LogP contribution in [0.1, 0.15) is 33.5 Å². The first-order valence-corrected chi connectivity index (χ1v) is 6.92. The highest BCUT2D eigenvalue weighted by atomic mass is 15.3. The summed E-state index contributed by atoms with van der Waals surface area (Å²) in [6, 6.07) is 1.13. The molecule has 2 unspecified atom stereocenters.